The third kappa shape index (κ3) is 3.16. The topological polar surface area (TPSA) is 9.23 Å². The van der Waals surface area contributed by atoms with Gasteiger partial charge in [-0.3, -0.25) is 0 Å². The Hall–Kier alpha value is -5.05. The molecule has 0 amide bonds. The second-order valence-corrected chi connectivity index (χ2v) is 13.3. The van der Waals surface area contributed by atoms with Crippen molar-refractivity contribution < 1.29 is 4.74 Å². The average Bonchev–Trinajstić information content (AvgIpc) is 3.35. The number of hydrogen-bond acceptors (Lipinski definition) is 2. The highest BCUT2D eigenvalue weighted by Crippen LogP contribution is 2.60. The maximum absolute atomic E-state index is 6.72. The molecule has 1 aliphatic heterocycles. The van der Waals surface area contributed by atoms with Gasteiger partial charge >= 0.3 is 0 Å². The van der Waals surface area contributed by atoms with Crippen LogP contribution in [0.15, 0.2) is 149 Å². The Morgan fingerprint density at radius 2 is 1.27 bits per heavy atom. The Morgan fingerprint density at radius 3 is 2.14 bits per heavy atom. The zero-order valence-electron chi connectivity index (χ0n) is 24.1. The number of hydrogen-bond donors (Lipinski definition) is 0. The molecule has 8 aromatic carbocycles. The van der Waals surface area contributed by atoms with E-state index in [0.29, 0.717) is 0 Å². The van der Waals surface area contributed by atoms with Crippen LogP contribution in [0.5, 0.6) is 11.5 Å². The molecule has 0 saturated heterocycles. The fraction of sp³-hybridized carbons (Fsp3) is 0.0476. The molecule has 2 aliphatic rings. The van der Waals surface area contributed by atoms with Gasteiger partial charge in [-0.2, -0.15) is 0 Å². The summed E-state index contributed by atoms with van der Waals surface area (Å²) in [6, 6.07) is 51.3. The summed E-state index contributed by atoms with van der Waals surface area (Å²) < 4.78 is 6.72. The maximum Gasteiger partial charge on any atom is 0.149 e. The van der Waals surface area contributed by atoms with Gasteiger partial charge < -0.3 is 4.74 Å². The van der Waals surface area contributed by atoms with E-state index in [9.17, 15) is 0 Å². The molecule has 0 aromatic heterocycles. The van der Waals surface area contributed by atoms with E-state index >= 15 is 0 Å². The van der Waals surface area contributed by atoms with Gasteiger partial charge in [0.15, 0.2) is 0 Å². The van der Waals surface area contributed by atoms with Crippen molar-refractivity contribution in [1.82, 2.24) is 0 Å². The van der Waals surface area contributed by atoms with Crippen LogP contribution in [0, 0.1) is 0 Å². The van der Waals surface area contributed by atoms with Crippen molar-refractivity contribution >= 4 is 44.1 Å². The highest BCUT2D eigenvalue weighted by molar-refractivity contribution is 7.99. The normalized spacial score (nSPS) is 16.5. The lowest BCUT2D eigenvalue weighted by Crippen LogP contribution is -2.22. The predicted molar refractivity (Wildman–Crippen MR) is 184 cm³/mol. The van der Waals surface area contributed by atoms with Crippen LogP contribution in [0.3, 0.4) is 0 Å². The number of para-hydroxylation sites is 1. The number of fused-ring (bicyclic) bond motifs is 6. The van der Waals surface area contributed by atoms with E-state index in [1.54, 1.807) is 11.8 Å². The van der Waals surface area contributed by atoms with E-state index in [0.717, 1.165) is 16.4 Å². The van der Waals surface area contributed by atoms with E-state index in [1.165, 1.54) is 76.2 Å². The van der Waals surface area contributed by atoms with Crippen molar-refractivity contribution in [3.8, 4) is 33.8 Å². The van der Waals surface area contributed by atoms with Gasteiger partial charge in [-0.25, -0.2) is 0 Å². The van der Waals surface area contributed by atoms with Crippen molar-refractivity contribution in [1.29, 1.82) is 0 Å². The van der Waals surface area contributed by atoms with Gasteiger partial charge in [-0.1, -0.05) is 127 Å². The third-order valence-electron chi connectivity index (χ3n) is 9.96. The lowest BCUT2D eigenvalue weighted by Gasteiger charge is -2.29. The van der Waals surface area contributed by atoms with Crippen molar-refractivity contribution in [3.05, 3.63) is 156 Å². The Balaban J connectivity index is 1.24. The summed E-state index contributed by atoms with van der Waals surface area (Å²) in [4.78, 5) is 2.33. The molecule has 8 aromatic rings. The van der Waals surface area contributed by atoms with Gasteiger partial charge in [0.2, 0.25) is 0 Å². The van der Waals surface area contributed by atoms with Crippen LogP contribution in [0.4, 0.5) is 0 Å². The Bertz CT molecular complexity index is 2440. The fourth-order valence-corrected chi connectivity index (χ4v) is 8.80. The summed E-state index contributed by atoms with van der Waals surface area (Å²) in [5.41, 5.74) is 8.56. The first-order chi connectivity index (χ1) is 21.7. The molecule has 0 fully saturated rings. The van der Waals surface area contributed by atoms with E-state index in [1.807, 2.05) is 0 Å². The monoisotopic (exact) mass is 578 g/mol. The third-order valence-corrected chi connectivity index (χ3v) is 11.1. The van der Waals surface area contributed by atoms with Gasteiger partial charge in [0.1, 0.15) is 11.5 Å². The van der Waals surface area contributed by atoms with Crippen LogP contribution in [0.2, 0.25) is 0 Å². The molecule has 1 aliphatic carbocycles. The quantitative estimate of drug-likeness (QED) is 0.189. The molecule has 0 bridgehead atoms. The van der Waals surface area contributed by atoms with Crippen molar-refractivity contribution in [2.24, 2.45) is 0 Å². The van der Waals surface area contributed by atoms with Gasteiger partial charge in [0.05, 0.1) is 9.79 Å². The van der Waals surface area contributed by atoms with Crippen LogP contribution in [-0.2, 0) is 5.41 Å². The lowest BCUT2D eigenvalue weighted by molar-refractivity contribution is 0.455. The highest BCUT2D eigenvalue weighted by atomic mass is 32.2. The Morgan fingerprint density at radius 1 is 0.545 bits per heavy atom. The summed E-state index contributed by atoms with van der Waals surface area (Å²) in [7, 11) is 0. The molecular weight excluding hydrogens is 553 g/mol. The molecule has 0 spiro atoms. The molecule has 2 heteroatoms. The summed E-state index contributed by atoms with van der Waals surface area (Å²) in [6.07, 6.45) is 0. The molecule has 1 unspecified atom stereocenters. The lowest BCUT2D eigenvalue weighted by atomic mass is 9.74. The van der Waals surface area contributed by atoms with Gasteiger partial charge in [0, 0.05) is 11.0 Å². The largest absolute Gasteiger partial charge is 0.454 e. The second kappa shape index (κ2) is 8.75. The van der Waals surface area contributed by atoms with E-state index < -0.39 is 0 Å². The van der Waals surface area contributed by atoms with Gasteiger partial charge in [-0.05, 0) is 96.9 Å². The smallest absolute Gasteiger partial charge is 0.149 e. The molecule has 0 N–H and O–H groups in total. The van der Waals surface area contributed by atoms with Crippen LogP contribution in [-0.4, -0.2) is 0 Å². The molecule has 0 saturated carbocycles. The molecule has 1 nitrogen and oxygen atoms in total. The molecule has 10 rings (SSSR count). The van der Waals surface area contributed by atoms with Crippen LogP contribution >= 0.6 is 11.8 Å². The first-order valence-corrected chi connectivity index (χ1v) is 16.0. The fourth-order valence-electron chi connectivity index (χ4n) is 7.83. The number of rotatable bonds is 2. The first-order valence-electron chi connectivity index (χ1n) is 15.2. The molecule has 206 valence electrons. The molecule has 1 heterocycles. The first kappa shape index (κ1) is 24.4. The zero-order chi connectivity index (χ0) is 29.0. The summed E-state index contributed by atoms with van der Waals surface area (Å²) >= 11 is 1.80. The van der Waals surface area contributed by atoms with E-state index in [-0.39, 0.29) is 5.41 Å². The molecule has 1 atom stereocenters. The second-order valence-electron chi connectivity index (χ2n) is 12.2. The maximum atomic E-state index is 6.72. The van der Waals surface area contributed by atoms with Gasteiger partial charge in [-0.15, -0.1) is 0 Å². The SMILES string of the molecule is CC1(c2ccccc2)c2cc(-c3ccc4ccc5cccc6ccc3c4c56)ccc2-c2c1ccc1c2Oc2ccccc2S1. The van der Waals surface area contributed by atoms with E-state index in [4.69, 9.17) is 4.74 Å². The summed E-state index contributed by atoms with van der Waals surface area (Å²) in [5, 5.41) is 7.89. The minimum Gasteiger partial charge on any atom is -0.454 e. The van der Waals surface area contributed by atoms with Crippen LogP contribution in [0.1, 0.15) is 23.6 Å². The Kier molecular flexibility index (Phi) is 4.85. The summed E-state index contributed by atoms with van der Waals surface area (Å²) in [6.45, 7) is 2.39. The highest BCUT2D eigenvalue weighted by Gasteiger charge is 2.43. The van der Waals surface area contributed by atoms with Crippen molar-refractivity contribution in [3.63, 3.8) is 0 Å². The summed E-state index contributed by atoms with van der Waals surface area (Å²) in [5.74, 6) is 1.90. The standard InChI is InChI=1S/C42H26OS/c1-42(29-10-3-2-4-11-29)33-22-23-37-41(43-35-12-5-6-13-36(35)44-37)40(33)32-21-18-28(24-34(32)42)30-19-16-27-15-14-25-8-7-9-26-17-20-31(30)39(27)38(25)26/h2-24H,1H3. The molecule has 0 radical (unpaired) electrons. The van der Waals surface area contributed by atoms with Crippen molar-refractivity contribution in [2.45, 2.75) is 22.1 Å². The number of benzene rings is 8. The Labute approximate surface area is 260 Å². The predicted octanol–water partition coefficient (Wildman–Crippen LogP) is 11.8. The zero-order valence-corrected chi connectivity index (χ0v) is 24.9. The molecule has 44 heavy (non-hydrogen) atoms. The minimum absolute atomic E-state index is 0.328. The van der Waals surface area contributed by atoms with Crippen LogP contribution in [0.25, 0.3) is 54.6 Å². The van der Waals surface area contributed by atoms with Crippen LogP contribution < -0.4 is 4.74 Å². The number of ether oxygens (including phenoxy) is 1. The molecular formula is C42H26OS. The van der Waals surface area contributed by atoms with Gasteiger partial charge in [0.25, 0.3) is 0 Å². The van der Waals surface area contributed by atoms with Crippen molar-refractivity contribution in [2.75, 3.05) is 0 Å². The average molecular weight is 579 g/mol. The van der Waals surface area contributed by atoms with E-state index in [2.05, 4.69) is 146 Å². The minimum atomic E-state index is -0.328.